The number of nitrogens with one attached hydrogen (secondary N) is 2. The molecule has 0 aliphatic heterocycles. The Hall–Kier alpha value is -1.60. The molecule has 3 aromatic rings. The first-order valence-electron chi connectivity index (χ1n) is 7.75. The number of rotatable bonds is 6. The summed E-state index contributed by atoms with van der Waals surface area (Å²) in [5.41, 5.74) is 2.39. The molecule has 0 amide bonds. The summed E-state index contributed by atoms with van der Waals surface area (Å²) in [4.78, 5) is -1.86. The van der Waals surface area contributed by atoms with Gasteiger partial charge in [-0.25, -0.2) is 16.8 Å². The molecule has 0 unspecified atom stereocenters. The Labute approximate surface area is 226 Å². The molecule has 2 N–H and O–H groups in total. The van der Waals surface area contributed by atoms with E-state index >= 15 is 0 Å². The van der Waals surface area contributed by atoms with E-state index in [1.165, 1.54) is 0 Å². The average molecular weight is 496 g/mol. The summed E-state index contributed by atoms with van der Waals surface area (Å²) in [6, 6.07) is 10.5. The quantitative estimate of drug-likeness (QED) is 0.0824. The number of tetrazole rings is 1. The van der Waals surface area contributed by atoms with Crippen LogP contribution in [0, 0.1) is 0 Å². The molecule has 2 aromatic carbocycles. The molecule has 0 radical (unpaired) electrons. The summed E-state index contributed by atoms with van der Waals surface area (Å²) in [5.74, 6) is -0.165. The zero-order chi connectivity index (χ0) is 21.8. The first kappa shape index (κ1) is 28.4. The Morgan fingerprint density at radius 1 is 0.969 bits per heavy atom. The van der Waals surface area contributed by atoms with Gasteiger partial charge in [0.1, 0.15) is 20.2 Å². The molecule has 0 saturated carbocycles. The molecular weight excluding hydrogens is 486 g/mol. The molecule has 0 aliphatic carbocycles. The van der Waals surface area contributed by atoms with Crippen molar-refractivity contribution >= 4 is 37.7 Å². The van der Waals surface area contributed by atoms with Crippen LogP contribution >= 0.6 is 0 Å². The largest absolute Gasteiger partial charge is 1.00 e. The van der Waals surface area contributed by atoms with Gasteiger partial charge < -0.3 is 9.11 Å². The molecule has 0 spiro atoms. The van der Waals surface area contributed by atoms with Gasteiger partial charge in [-0.2, -0.15) is 10.3 Å². The smallest absolute Gasteiger partial charge is 0.744 e. The van der Waals surface area contributed by atoms with Crippen molar-refractivity contribution in [3.8, 4) is 0 Å². The molecule has 14 nitrogen and oxygen atoms in total. The summed E-state index contributed by atoms with van der Waals surface area (Å²) in [6.07, 6.45) is 0. The van der Waals surface area contributed by atoms with Crippen molar-refractivity contribution in [1.82, 2.24) is 20.6 Å². The van der Waals surface area contributed by atoms with Crippen molar-refractivity contribution in [3.05, 3.63) is 54.1 Å². The summed E-state index contributed by atoms with van der Waals surface area (Å²) in [6.45, 7) is 0. The third-order valence-corrected chi connectivity index (χ3v) is 5.10. The minimum absolute atomic E-state index is 0. The van der Waals surface area contributed by atoms with Crippen LogP contribution in [-0.2, 0) is 20.2 Å². The SMILES string of the molecule is O=S(=O)([O-])c1ccc(N/N=C(/N=Nc2nn[nH]n2)c2ccccc2)c(S(=O)(=O)[O-])c1.[Na+].[Na+]. The van der Waals surface area contributed by atoms with Gasteiger partial charge in [-0.3, -0.25) is 5.43 Å². The van der Waals surface area contributed by atoms with Crippen molar-refractivity contribution in [3.63, 3.8) is 0 Å². The number of hydrogen-bond donors (Lipinski definition) is 2. The van der Waals surface area contributed by atoms with Crippen molar-refractivity contribution in [2.75, 3.05) is 5.43 Å². The van der Waals surface area contributed by atoms with Gasteiger partial charge in [0.05, 0.1) is 15.5 Å². The van der Waals surface area contributed by atoms with E-state index in [0.717, 1.165) is 12.1 Å². The minimum atomic E-state index is -5.15. The average Bonchev–Trinajstić information content (AvgIpc) is 3.21. The maximum Gasteiger partial charge on any atom is 1.00 e. The van der Waals surface area contributed by atoms with E-state index in [1.54, 1.807) is 30.3 Å². The summed E-state index contributed by atoms with van der Waals surface area (Å²) >= 11 is 0. The second-order valence-corrected chi connectivity index (χ2v) is 8.12. The molecule has 0 saturated heterocycles. The van der Waals surface area contributed by atoms with Crippen molar-refractivity contribution in [2.45, 2.75) is 9.79 Å². The van der Waals surface area contributed by atoms with Crippen LogP contribution in [0.3, 0.4) is 0 Å². The van der Waals surface area contributed by atoms with Crippen molar-refractivity contribution < 1.29 is 85.1 Å². The fourth-order valence-electron chi connectivity index (χ4n) is 2.09. The molecule has 3 rings (SSSR count). The zero-order valence-corrected chi connectivity index (χ0v) is 22.2. The van der Waals surface area contributed by atoms with Crippen LogP contribution in [0.5, 0.6) is 0 Å². The minimum Gasteiger partial charge on any atom is -0.744 e. The van der Waals surface area contributed by atoms with Crippen molar-refractivity contribution in [1.29, 1.82) is 0 Å². The number of nitrogens with zero attached hydrogens (tertiary/aromatic N) is 6. The molecule has 1 aromatic heterocycles. The van der Waals surface area contributed by atoms with Gasteiger partial charge in [-0.15, -0.1) is 15.3 Å². The number of amidine groups is 1. The Morgan fingerprint density at radius 3 is 2.22 bits per heavy atom. The molecule has 18 heteroatoms. The number of benzene rings is 2. The van der Waals surface area contributed by atoms with Crippen LogP contribution in [0.1, 0.15) is 5.56 Å². The number of azo groups is 1. The number of hydrogen-bond acceptors (Lipinski definition) is 12. The maximum absolute atomic E-state index is 11.5. The number of hydrazone groups is 1. The fourth-order valence-corrected chi connectivity index (χ4v) is 3.32. The van der Waals surface area contributed by atoms with Gasteiger partial charge in [0, 0.05) is 5.56 Å². The van der Waals surface area contributed by atoms with Crippen molar-refractivity contribution in [2.24, 2.45) is 15.3 Å². The van der Waals surface area contributed by atoms with Crippen LogP contribution in [0.15, 0.2) is 73.7 Å². The van der Waals surface area contributed by atoms with Gasteiger partial charge in [0.15, 0.2) is 0 Å². The second kappa shape index (κ2) is 12.0. The van der Waals surface area contributed by atoms with E-state index in [1.807, 2.05) is 0 Å². The Bertz CT molecular complexity index is 1320. The van der Waals surface area contributed by atoms with E-state index in [2.05, 4.69) is 41.4 Å². The summed E-state index contributed by atoms with van der Waals surface area (Å²) in [5, 5.41) is 24.2. The Kier molecular flexibility index (Phi) is 10.7. The van der Waals surface area contributed by atoms with Crippen LogP contribution in [0.4, 0.5) is 11.6 Å². The topological polar surface area (TPSA) is 218 Å². The normalized spacial score (nSPS) is 12.1. The van der Waals surface area contributed by atoms with Gasteiger partial charge in [0.25, 0.3) is 0 Å². The summed E-state index contributed by atoms with van der Waals surface area (Å²) < 4.78 is 67.9. The fraction of sp³-hybridized carbons (Fsp3) is 0. The Balaban J connectivity index is 0.00000256. The number of aromatic amines is 1. The number of aromatic nitrogens is 4. The van der Waals surface area contributed by atoms with Crippen LogP contribution in [-0.4, -0.2) is 52.4 Å². The molecule has 0 fully saturated rings. The van der Waals surface area contributed by atoms with E-state index in [4.69, 9.17) is 0 Å². The molecule has 0 atom stereocenters. The molecule has 1 heterocycles. The van der Waals surface area contributed by atoms with Crippen LogP contribution in [0.25, 0.3) is 0 Å². The number of anilines is 1. The first-order chi connectivity index (χ1) is 14.1. The van der Waals surface area contributed by atoms with E-state index < -0.39 is 30.0 Å². The molecule has 32 heavy (non-hydrogen) atoms. The van der Waals surface area contributed by atoms with Crippen LogP contribution < -0.4 is 64.5 Å². The third kappa shape index (κ3) is 7.77. The first-order valence-corrected chi connectivity index (χ1v) is 10.6. The molecule has 0 aliphatic rings. The third-order valence-electron chi connectivity index (χ3n) is 3.39. The Morgan fingerprint density at radius 2 is 1.66 bits per heavy atom. The van der Waals surface area contributed by atoms with Gasteiger partial charge in [0.2, 0.25) is 5.84 Å². The standard InChI is InChI=1S/C14H12N8O6S2.2Na/c23-29(24,25)10-6-7-11(12(8-10)30(26,27)28)15-16-13(9-4-2-1-3-5-9)17-18-14-19-21-22-20-14;;/h1-8,15H,(H,23,24,25)(H,26,27,28)(H,19,20,21,22);;/q;2*+1/p-2/b16-13+,18-17?;;. The van der Waals surface area contributed by atoms with Gasteiger partial charge in [-0.05, 0) is 23.4 Å². The molecule has 156 valence electrons. The zero-order valence-electron chi connectivity index (χ0n) is 16.6. The molecule has 0 bridgehead atoms. The monoisotopic (exact) mass is 496 g/mol. The predicted octanol–water partition coefficient (Wildman–Crippen LogP) is -5.43. The van der Waals surface area contributed by atoms with Crippen LogP contribution in [0.2, 0.25) is 0 Å². The molecular formula is C14H10N8Na2O6S2. The van der Waals surface area contributed by atoms with E-state index in [0.29, 0.717) is 11.6 Å². The number of H-pyrrole nitrogens is 1. The predicted molar refractivity (Wildman–Crippen MR) is 97.7 cm³/mol. The van der Waals surface area contributed by atoms with E-state index in [-0.39, 0.29) is 76.6 Å². The van der Waals surface area contributed by atoms with Gasteiger partial charge in [-0.1, -0.05) is 35.4 Å². The summed E-state index contributed by atoms with van der Waals surface area (Å²) in [7, 11) is -10.1. The van der Waals surface area contributed by atoms with Gasteiger partial charge >= 0.3 is 65.1 Å². The maximum atomic E-state index is 11.5. The second-order valence-electron chi connectivity index (χ2n) is 5.39. The van der Waals surface area contributed by atoms with E-state index in [9.17, 15) is 25.9 Å².